The Morgan fingerprint density at radius 1 is 1.38 bits per heavy atom. The minimum atomic E-state index is -0.778. The average molecular weight is 285 g/mol. The van der Waals surface area contributed by atoms with E-state index in [1.807, 2.05) is 12.1 Å². The highest BCUT2D eigenvalue weighted by molar-refractivity contribution is 9.10. The number of benzene rings is 1. The first-order valence-corrected chi connectivity index (χ1v) is 5.90. The number of amides is 2. The van der Waals surface area contributed by atoms with Crippen LogP contribution in [-0.2, 0) is 0 Å². The Bertz CT molecular complexity index is 387. The van der Waals surface area contributed by atoms with Crippen LogP contribution in [-0.4, -0.2) is 22.3 Å². The van der Waals surface area contributed by atoms with E-state index in [0.29, 0.717) is 11.0 Å². The Morgan fingerprint density at radius 3 is 2.44 bits per heavy atom. The van der Waals surface area contributed by atoms with Crippen LogP contribution in [0.1, 0.15) is 24.3 Å². The topological polar surface area (TPSA) is 66.6 Å². The zero-order valence-electron chi connectivity index (χ0n) is 8.64. The lowest BCUT2D eigenvalue weighted by molar-refractivity contribution is -0.102. The van der Waals surface area contributed by atoms with Crippen LogP contribution in [0.15, 0.2) is 28.7 Å². The molecule has 0 radical (unpaired) electrons. The lowest BCUT2D eigenvalue weighted by Crippen LogP contribution is -2.47. The third kappa shape index (κ3) is 2.20. The van der Waals surface area contributed by atoms with Crippen LogP contribution in [0, 0.1) is 0 Å². The highest BCUT2D eigenvalue weighted by Crippen LogP contribution is 2.39. The molecule has 1 fully saturated rings. The van der Waals surface area contributed by atoms with Crippen LogP contribution < -0.4 is 5.73 Å². The Hall–Kier alpha value is -1.07. The summed E-state index contributed by atoms with van der Waals surface area (Å²) in [5, 5.41) is 9.94. The molecule has 0 unspecified atom stereocenters. The van der Waals surface area contributed by atoms with Crippen LogP contribution in [0.3, 0.4) is 0 Å². The summed E-state index contributed by atoms with van der Waals surface area (Å²) in [7, 11) is 0. The second-order valence-electron chi connectivity index (χ2n) is 4.06. The second-order valence-corrected chi connectivity index (χ2v) is 4.97. The molecule has 3 N–H and O–H groups in total. The van der Waals surface area contributed by atoms with Gasteiger partial charge in [-0.15, -0.1) is 0 Å². The Morgan fingerprint density at radius 2 is 1.94 bits per heavy atom. The number of hydrogen-bond acceptors (Lipinski definition) is 2. The molecule has 5 heteroatoms. The van der Waals surface area contributed by atoms with Crippen molar-refractivity contribution < 1.29 is 10.0 Å². The van der Waals surface area contributed by atoms with E-state index in [1.165, 1.54) is 5.56 Å². The second kappa shape index (κ2) is 4.43. The number of primary amides is 1. The summed E-state index contributed by atoms with van der Waals surface area (Å²) in [4.78, 5) is 10.7. The Kier molecular flexibility index (Phi) is 3.16. The van der Waals surface area contributed by atoms with Gasteiger partial charge in [0.25, 0.3) is 0 Å². The standard InChI is InChI=1S/C11H13BrN2O2/c12-9-3-1-7(2-4-9)8-5-10(6-8)14(16)11(13)15/h1-4,8,10,16H,5-6H2,(H2,13,15)/t8-,10-. The Balaban J connectivity index is 1.93. The van der Waals surface area contributed by atoms with Crippen LogP contribution in [0.5, 0.6) is 0 Å². The molecule has 0 aliphatic heterocycles. The third-order valence-corrected chi connectivity index (χ3v) is 3.55. The lowest BCUT2D eigenvalue weighted by atomic mass is 9.76. The predicted octanol–water partition coefficient (Wildman–Crippen LogP) is 2.47. The van der Waals surface area contributed by atoms with Gasteiger partial charge in [-0.05, 0) is 36.5 Å². The van der Waals surface area contributed by atoms with Crippen molar-refractivity contribution >= 4 is 22.0 Å². The van der Waals surface area contributed by atoms with Gasteiger partial charge in [-0.1, -0.05) is 28.1 Å². The predicted molar refractivity (Wildman–Crippen MR) is 63.1 cm³/mol. The fourth-order valence-electron chi connectivity index (χ4n) is 1.97. The van der Waals surface area contributed by atoms with Gasteiger partial charge in [-0.3, -0.25) is 5.21 Å². The van der Waals surface area contributed by atoms with Crippen LogP contribution >= 0.6 is 15.9 Å². The highest BCUT2D eigenvalue weighted by atomic mass is 79.9. The third-order valence-electron chi connectivity index (χ3n) is 3.03. The van der Waals surface area contributed by atoms with Gasteiger partial charge < -0.3 is 5.73 Å². The summed E-state index contributed by atoms with van der Waals surface area (Å²) in [6.45, 7) is 0. The summed E-state index contributed by atoms with van der Waals surface area (Å²) < 4.78 is 1.05. The molecule has 4 nitrogen and oxygen atoms in total. The lowest BCUT2D eigenvalue weighted by Gasteiger charge is -2.39. The summed E-state index contributed by atoms with van der Waals surface area (Å²) in [5.41, 5.74) is 6.21. The van der Waals surface area contributed by atoms with E-state index < -0.39 is 6.03 Å². The number of urea groups is 1. The zero-order chi connectivity index (χ0) is 11.7. The molecule has 0 atom stereocenters. The van der Waals surface area contributed by atoms with Crippen LogP contribution in [0.4, 0.5) is 4.79 Å². The summed E-state index contributed by atoms with van der Waals surface area (Å²) >= 11 is 3.38. The van der Waals surface area contributed by atoms with E-state index in [-0.39, 0.29) is 6.04 Å². The normalized spacial score (nSPS) is 23.6. The maximum Gasteiger partial charge on any atom is 0.338 e. The van der Waals surface area contributed by atoms with Gasteiger partial charge in [0, 0.05) is 4.47 Å². The van der Waals surface area contributed by atoms with Crippen molar-refractivity contribution in [3.05, 3.63) is 34.3 Å². The quantitative estimate of drug-likeness (QED) is 0.647. The number of hydrogen-bond donors (Lipinski definition) is 2. The van der Waals surface area contributed by atoms with Crippen molar-refractivity contribution in [2.75, 3.05) is 0 Å². The monoisotopic (exact) mass is 284 g/mol. The van der Waals surface area contributed by atoms with Gasteiger partial charge in [0.15, 0.2) is 0 Å². The fourth-order valence-corrected chi connectivity index (χ4v) is 2.24. The van der Waals surface area contributed by atoms with Crippen molar-refractivity contribution in [3.63, 3.8) is 0 Å². The first-order valence-electron chi connectivity index (χ1n) is 5.11. The number of hydroxylamine groups is 2. The molecule has 1 aliphatic carbocycles. The molecule has 86 valence electrons. The van der Waals surface area contributed by atoms with Gasteiger partial charge in [0.05, 0.1) is 6.04 Å². The average Bonchev–Trinajstić information content (AvgIpc) is 2.18. The molecule has 1 saturated carbocycles. The van der Waals surface area contributed by atoms with Crippen molar-refractivity contribution in [2.45, 2.75) is 24.8 Å². The van der Waals surface area contributed by atoms with Gasteiger partial charge in [-0.2, -0.15) is 0 Å². The molecule has 0 bridgehead atoms. The zero-order valence-corrected chi connectivity index (χ0v) is 10.2. The molecule has 0 saturated heterocycles. The van der Waals surface area contributed by atoms with E-state index >= 15 is 0 Å². The maximum atomic E-state index is 10.7. The number of nitrogens with zero attached hydrogens (tertiary/aromatic N) is 1. The molecule has 0 spiro atoms. The number of nitrogens with two attached hydrogens (primary N) is 1. The molecule has 2 rings (SSSR count). The minimum Gasteiger partial charge on any atom is -0.350 e. The molecule has 0 aromatic heterocycles. The molecule has 1 aromatic rings. The first kappa shape index (κ1) is 11.4. The van der Waals surface area contributed by atoms with Gasteiger partial charge >= 0.3 is 6.03 Å². The smallest absolute Gasteiger partial charge is 0.338 e. The number of rotatable bonds is 2. The molecule has 1 aliphatic rings. The number of carbonyl (C=O) groups excluding carboxylic acids is 1. The van der Waals surface area contributed by atoms with E-state index in [9.17, 15) is 10.0 Å². The SMILES string of the molecule is NC(=O)N(O)[C@H]1C[C@H](c2ccc(Br)cc2)C1. The summed E-state index contributed by atoms with van der Waals surface area (Å²) in [6, 6.07) is 7.18. The van der Waals surface area contributed by atoms with E-state index in [1.54, 1.807) is 0 Å². The summed E-state index contributed by atoms with van der Waals surface area (Å²) in [5.74, 6) is 0.409. The number of carbonyl (C=O) groups is 1. The molecule has 0 heterocycles. The van der Waals surface area contributed by atoms with Gasteiger partial charge in [0.1, 0.15) is 0 Å². The van der Waals surface area contributed by atoms with Crippen molar-refractivity contribution in [3.8, 4) is 0 Å². The Labute approximate surface area is 102 Å². The van der Waals surface area contributed by atoms with E-state index in [4.69, 9.17) is 5.73 Å². The van der Waals surface area contributed by atoms with Crippen molar-refractivity contribution in [2.24, 2.45) is 5.73 Å². The fraction of sp³-hybridized carbons (Fsp3) is 0.364. The van der Waals surface area contributed by atoms with E-state index in [0.717, 1.165) is 17.3 Å². The molecular weight excluding hydrogens is 272 g/mol. The van der Waals surface area contributed by atoms with Crippen molar-refractivity contribution in [1.29, 1.82) is 0 Å². The molecule has 16 heavy (non-hydrogen) atoms. The maximum absolute atomic E-state index is 10.7. The highest BCUT2D eigenvalue weighted by Gasteiger charge is 2.35. The summed E-state index contributed by atoms with van der Waals surface area (Å²) in [6.07, 6.45) is 1.53. The molecule has 1 aromatic carbocycles. The number of halogens is 1. The molecule has 2 amide bonds. The molecular formula is C11H13BrN2O2. The largest absolute Gasteiger partial charge is 0.350 e. The first-order chi connectivity index (χ1) is 7.58. The van der Waals surface area contributed by atoms with E-state index in [2.05, 4.69) is 28.1 Å². The van der Waals surface area contributed by atoms with Crippen LogP contribution in [0.2, 0.25) is 0 Å². The minimum absolute atomic E-state index is 0.133. The van der Waals surface area contributed by atoms with Gasteiger partial charge in [0.2, 0.25) is 0 Å². The van der Waals surface area contributed by atoms with Gasteiger partial charge in [-0.25, -0.2) is 9.86 Å². The van der Waals surface area contributed by atoms with Crippen LogP contribution in [0.25, 0.3) is 0 Å². The van der Waals surface area contributed by atoms with Crippen molar-refractivity contribution in [1.82, 2.24) is 5.06 Å².